The van der Waals surface area contributed by atoms with E-state index in [4.69, 9.17) is 5.11 Å². The van der Waals surface area contributed by atoms with Crippen LogP contribution in [0.5, 0.6) is 0 Å². The van der Waals surface area contributed by atoms with Gasteiger partial charge in [0.15, 0.2) is 0 Å². The molecule has 1 aromatic rings. The Bertz CT molecular complexity index is 490. The number of anilines is 2. The maximum absolute atomic E-state index is 11.8. The van der Waals surface area contributed by atoms with Gasteiger partial charge in [-0.05, 0) is 25.1 Å². The molecule has 0 saturated heterocycles. The van der Waals surface area contributed by atoms with Crippen molar-refractivity contribution in [3.05, 3.63) is 22.7 Å². The highest BCUT2D eigenvalue weighted by atomic mass is 79.9. The Morgan fingerprint density at radius 3 is 2.94 bits per heavy atom. The molecule has 90 valence electrons. The van der Waals surface area contributed by atoms with Gasteiger partial charge in [-0.25, -0.2) is 4.79 Å². The molecule has 1 aromatic carbocycles. The normalized spacial score (nSPS) is 16.1. The number of hydrogen-bond acceptors (Lipinski definition) is 3. The Morgan fingerprint density at radius 1 is 1.59 bits per heavy atom. The summed E-state index contributed by atoms with van der Waals surface area (Å²) in [5, 5.41) is 12.0. The maximum Gasteiger partial charge on any atom is 0.326 e. The largest absolute Gasteiger partial charge is 0.480 e. The number of halogens is 1. The van der Waals surface area contributed by atoms with E-state index < -0.39 is 12.0 Å². The Kier molecular flexibility index (Phi) is 3.06. The summed E-state index contributed by atoms with van der Waals surface area (Å²) >= 11 is 3.31. The highest BCUT2D eigenvalue weighted by Crippen LogP contribution is 2.33. The minimum Gasteiger partial charge on any atom is -0.480 e. The molecule has 17 heavy (non-hydrogen) atoms. The molecule has 0 saturated carbocycles. The summed E-state index contributed by atoms with van der Waals surface area (Å²) in [7, 11) is 0. The van der Waals surface area contributed by atoms with Gasteiger partial charge in [-0.2, -0.15) is 0 Å². The first-order chi connectivity index (χ1) is 8.00. The van der Waals surface area contributed by atoms with E-state index in [0.717, 1.165) is 10.2 Å². The second kappa shape index (κ2) is 4.37. The van der Waals surface area contributed by atoms with Gasteiger partial charge in [0, 0.05) is 4.47 Å². The number of fused-ring (bicyclic) bond motifs is 1. The number of amides is 1. The molecule has 1 amide bonds. The Hall–Kier alpha value is -1.56. The number of benzene rings is 1. The van der Waals surface area contributed by atoms with Crippen LogP contribution in [-0.4, -0.2) is 29.6 Å². The quantitative estimate of drug-likeness (QED) is 0.871. The molecular weight excluding hydrogens is 288 g/mol. The number of nitrogens with zero attached hydrogens (tertiary/aromatic N) is 1. The zero-order valence-electron chi connectivity index (χ0n) is 9.11. The van der Waals surface area contributed by atoms with E-state index in [1.807, 2.05) is 12.1 Å². The summed E-state index contributed by atoms with van der Waals surface area (Å²) in [6, 6.07) is 4.51. The summed E-state index contributed by atoms with van der Waals surface area (Å²) in [6.07, 6.45) is 0. The zero-order valence-corrected chi connectivity index (χ0v) is 10.7. The number of carbonyl (C=O) groups is 2. The van der Waals surface area contributed by atoms with Crippen molar-refractivity contribution in [2.24, 2.45) is 0 Å². The smallest absolute Gasteiger partial charge is 0.326 e. The fraction of sp³-hybridized carbons (Fsp3) is 0.273. The molecule has 0 radical (unpaired) electrons. The van der Waals surface area contributed by atoms with Crippen LogP contribution >= 0.6 is 15.9 Å². The molecule has 5 nitrogen and oxygen atoms in total. The standard InChI is InChI=1S/C11H11BrN2O3/c1-6(11(16)17)14-9-4-7(12)2-3-8(9)13-5-10(14)15/h2-4,6,13H,5H2,1H3,(H,16,17). The van der Waals surface area contributed by atoms with Crippen molar-refractivity contribution in [2.75, 3.05) is 16.8 Å². The molecule has 1 heterocycles. The van der Waals surface area contributed by atoms with E-state index in [9.17, 15) is 9.59 Å². The summed E-state index contributed by atoms with van der Waals surface area (Å²) in [5.74, 6) is -1.27. The molecule has 2 N–H and O–H groups in total. The first-order valence-corrected chi connectivity index (χ1v) is 5.88. The molecule has 1 atom stereocenters. The van der Waals surface area contributed by atoms with Gasteiger partial charge < -0.3 is 10.4 Å². The van der Waals surface area contributed by atoms with Gasteiger partial charge in [-0.3, -0.25) is 9.69 Å². The third-order valence-electron chi connectivity index (χ3n) is 2.66. The number of carboxylic acids is 1. The predicted molar refractivity (Wildman–Crippen MR) is 67.2 cm³/mol. The van der Waals surface area contributed by atoms with Gasteiger partial charge in [0.2, 0.25) is 5.91 Å². The Balaban J connectivity index is 2.49. The van der Waals surface area contributed by atoms with Crippen molar-refractivity contribution in [1.82, 2.24) is 0 Å². The molecule has 1 unspecified atom stereocenters. The van der Waals surface area contributed by atoms with E-state index in [1.165, 1.54) is 11.8 Å². The number of carboxylic acid groups (broad SMARTS) is 1. The molecule has 0 bridgehead atoms. The minimum absolute atomic E-state index is 0.117. The number of hydrogen-bond donors (Lipinski definition) is 2. The van der Waals surface area contributed by atoms with Crippen LogP contribution in [0.4, 0.5) is 11.4 Å². The van der Waals surface area contributed by atoms with Crippen LogP contribution in [0.2, 0.25) is 0 Å². The van der Waals surface area contributed by atoms with Crippen molar-refractivity contribution in [2.45, 2.75) is 13.0 Å². The number of nitrogens with one attached hydrogen (secondary N) is 1. The van der Waals surface area contributed by atoms with Crippen LogP contribution in [0.15, 0.2) is 22.7 Å². The number of carbonyl (C=O) groups excluding carboxylic acids is 1. The van der Waals surface area contributed by atoms with E-state index in [1.54, 1.807) is 6.07 Å². The average molecular weight is 299 g/mol. The molecule has 2 rings (SSSR count). The van der Waals surface area contributed by atoms with Crippen molar-refractivity contribution < 1.29 is 14.7 Å². The van der Waals surface area contributed by atoms with Gasteiger partial charge in [0.1, 0.15) is 6.04 Å². The molecule has 0 spiro atoms. The average Bonchev–Trinajstić information content (AvgIpc) is 2.27. The summed E-state index contributed by atoms with van der Waals surface area (Å²) < 4.78 is 0.801. The summed E-state index contributed by atoms with van der Waals surface area (Å²) in [5.41, 5.74) is 1.35. The predicted octanol–water partition coefficient (Wildman–Crippen LogP) is 1.68. The highest BCUT2D eigenvalue weighted by molar-refractivity contribution is 9.10. The van der Waals surface area contributed by atoms with E-state index >= 15 is 0 Å². The summed E-state index contributed by atoms with van der Waals surface area (Å²) in [4.78, 5) is 24.1. The van der Waals surface area contributed by atoms with Crippen LogP contribution in [0.1, 0.15) is 6.92 Å². The highest BCUT2D eigenvalue weighted by Gasteiger charge is 2.31. The number of aliphatic carboxylic acids is 1. The van der Waals surface area contributed by atoms with Gasteiger partial charge in [0.05, 0.1) is 17.9 Å². The van der Waals surface area contributed by atoms with Crippen LogP contribution < -0.4 is 10.2 Å². The Morgan fingerprint density at radius 2 is 2.29 bits per heavy atom. The van der Waals surface area contributed by atoms with Gasteiger partial charge in [0.25, 0.3) is 0 Å². The third kappa shape index (κ3) is 2.12. The van der Waals surface area contributed by atoms with E-state index in [0.29, 0.717) is 5.69 Å². The molecule has 6 heteroatoms. The maximum atomic E-state index is 11.8. The van der Waals surface area contributed by atoms with Gasteiger partial charge in [-0.15, -0.1) is 0 Å². The van der Waals surface area contributed by atoms with Crippen molar-refractivity contribution in [3.63, 3.8) is 0 Å². The second-order valence-electron chi connectivity index (χ2n) is 3.79. The lowest BCUT2D eigenvalue weighted by molar-refractivity contribution is -0.139. The molecule has 0 fully saturated rings. The minimum atomic E-state index is -1.02. The zero-order chi connectivity index (χ0) is 12.6. The lowest BCUT2D eigenvalue weighted by Crippen LogP contribution is -2.48. The van der Waals surface area contributed by atoms with E-state index in [-0.39, 0.29) is 12.5 Å². The lowest BCUT2D eigenvalue weighted by atomic mass is 10.1. The molecule has 0 aliphatic carbocycles. The molecule has 1 aliphatic heterocycles. The summed E-state index contributed by atoms with van der Waals surface area (Å²) in [6.45, 7) is 1.61. The first kappa shape index (κ1) is 11.9. The monoisotopic (exact) mass is 298 g/mol. The van der Waals surface area contributed by atoms with Gasteiger partial charge >= 0.3 is 5.97 Å². The van der Waals surface area contributed by atoms with E-state index in [2.05, 4.69) is 21.2 Å². The van der Waals surface area contributed by atoms with Gasteiger partial charge in [-0.1, -0.05) is 15.9 Å². The topological polar surface area (TPSA) is 69.6 Å². The second-order valence-corrected chi connectivity index (χ2v) is 4.71. The van der Waals surface area contributed by atoms with Crippen LogP contribution in [0.3, 0.4) is 0 Å². The molecular formula is C11H11BrN2O3. The van der Waals surface area contributed by atoms with Crippen molar-refractivity contribution in [3.8, 4) is 0 Å². The molecule has 1 aliphatic rings. The first-order valence-electron chi connectivity index (χ1n) is 5.09. The van der Waals surface area contributed by atoms with Crippen LogP contribution in [0.25, 0.3) is 0 Å². The molecule has 0 aromatic heterocycles. The SMILES string of the molecule is CC(C(=O)O)N1C(=O)CNc2ccc(Br)cc21. The Labute approximate surface area is 107 Å². The van der Waals surface area contributed by atoms with Crippen molar-refractivity contribution >= 4 is 39.2 Å². The fourth-order valence-corrected chi connectivity index (χ4v) is 2.13. The fourth-order valence-electron chi connectivity index (χ4n) is 1.78. The third-order valence-corrected chi connectivity index (χ3v) is 3.16. The number of rotatable bonds is 2. The lowest BCUT2D eigenvalue weighted by Gasteiger charge is -2.32. The van der Waals surface area contributed by atoms with Crippen LogP contribution in [-0.2, 0) is 9.59 Å². The van der Waals surface area contributed by atoms with Crippen LogP contribution in [0, 0.1) is 0 Å². The van der Waals surface area contributed by atoms with Crippen molar-refractivity contribution in [1.29, 1.82) is 0 Å².